The average molecular weight is 317 g/mol. The summed E-state index contributed by atoms with van der Waals surface area (Å²) in [7, 11) is 0. The number of unbranched alkanes of at least 4 members (excludes halogenated alkanes) is 2. The molecular weight excluding hydrogens is 300 g/mol. The zero-order chi connectivity index (χ0) is 12.5. The van der Waals surface area contributed by atoms with Crippen LogP contribution in [-0.4, -0.2) is 29.4 Å². The lowest BCUT2D eigenvalue weighted by Gasteiger charge is -2.05. The van der Waals surface area contributed by atoms with Crippen LogP contribution in [0.2, 0.25) is 0 Å². The van der Waals surface area contributed by atoms with Crippen molar-refractivity contribution in [3.63, 3.8) is 0 Å². The van der Waals surface area contributed by atoms with Crippen molar-refractivity contribution < 1.29 is 4.79 Å². The molecule has 1 N–H and O–H groups in total. The molecule has 0 aromatic carbocycles. The molecule has 1 amide bonds. The summed E-state index contributed by atoms with van der Waals surface area (Å²) in [5.74, 6) is 1.14. The van der Waals surface area contributed by atoms with Gasteiger partial charge in [0, 0.05) is 12.7 Å². The molecule has 0 spiro atoms. The SMILES string of the molecule is CSCCCCCNC(=O)c1cccnc1Br. The van der Waals surface area contributed by atoms with Crippen LogP contribution in [0.5, 0.6) is 0 Å². The third-order valence-electron chi connectivity index (χ3n) is 2.31. The van der Waals surface area contributed by atoms with Gasteiger partial charge in [0.1, 0.15) is 4.60 Å². The van der Waals surface area contributed by atoms with Crippen LogP contribution in [0, 0.1) is 0 Å². The smallest absolute Gasteiger partial charge is 0.254 e. The average Bonchev–Trinajstić information content (AvgIpc) is 2.34. The molecular formula is C12H17BrN2OS. The van der Waals surface area contributed by atoms with E-state index in [2.05, 4.69) is 32.5 Å². The summed E-state index contributed by atoms with van der Waals surface area (Å²) >= 11 is 5.13. The quantitative estimate of drug-likeness (QED) is 0.621. The monoisotopic (exact) mass is 316 g/mol. The fourth-order valence-corrected chi connectivity index (χ4v) is 2.32. The number of thioether (sulfide) groups is 1. The molecule has 0 unspecified atom stereocenters. The molecule has 0 atom stereocenters. The van der Waals surface area contributed by atoms with Crippen molar-refractivity contribution in [2.45, 2.75) is 19.3 Å². The first kappa shape index (κ1) is 14.5. The highest BCUT2D eigenvalue weighted by atomic mass is 79.9. The predicted octanol–water partition coefficient (Wildman–Crippen LogP) is 3.11. The van der Waals surface area contributed by atoms with Crippen molar-refractivity contribution in [2.75, 3.05) is 18.6 Å². The van der Waals surface area contributed by atoms with Gasteiger partial charge in [-0.25, -0.2) is 4.98 Å². The number of hydrogen-bond acceptors (Lipinski definition) is 3. The number of aromatic nitrogens is 1. The van der Waals surface area contributed by atoms with Gasteiger partial charge in [0.05, 0.1) is 5.56 Å². The van der Waals surface area contributed by atoms with Gasteiger partial charge in [-0.3, -0.25) is 4.79 Å². The molecule has 1 aromatic rings. The van der Waals surface area contributed by atoms with Crippen LogP contribution in [0.4, 0.5) is 0 Å². The highest BCUT2D eigenvalue weighted by Crippen LogP contribution is 2.12. The maximum absolute atomic E-state index is 11.8. The van der Waals surface area contributed by atoms with Crippen LogP contribution in [0.15, 0.2) is 22.9 Å². The van der Waals surface area contributed by atoms with E-state index in [1.54, 1.807) is 18.3 Å². The Morgan fingerprint density at radius 3 is 3.00 bits per heavy atom. The third kappa shape index (κ3) is 5.55. The topological polar surface area (TPSA) is 42.0 Å². The minimum absolute atomic E-state index is 0.0603. The summed E-state index contributed by atoms with van der Waals surface area (Å²) in [6, 6.07) is 3.53. The first-order chi connectivity index (χ1) is 8.25. The predicted molar refractivity (Wildman–Crippen MR) is 76.5 cm³/mol. The van der Waals surface area contributed by atoms with Crippen molar-refractivity contribution in [3.05, 3.63) is 28.5 Å². The maximum Gasteiger partial charge on any atom is 0.254 e. The number of nitrogens with zero attached hydrogens (tertiary/aromatic N) is 1. The maximum atomic E-state index is 11.8. The summed E-state index contributed by atoms with van der Waals surface area (Å²) < 4.78 is 0.597. The molecule has 0 aliphatic rings. The van der Waals surface area contributed by atoms with Crippen LogP contribution >= 0.6 is 27.7 Å². The van der Waals surface area contributed by atoms with Crippen LogP contribution in [0.3, 0.4) is 0 Å². The van der Waals surface area contributed by atoms with Gasteiger partial charge < -0.3 is 5.32 Å². The second kappa shape index (κ2) is 8.53. The highest BCUT2D eigenvalue weighted by molar-refractivity contribution is 9.10. The van der Waals surface area contributed by atoms with Crippen molar-refractivity contribution >= 4 is 33.6 Å². The van der Waals surface area contributed by atoms with Gasteiger partial charge in [-0.2, -0.15) is 11.8 Å². The summed E-state index contributed by atoms with van der Waals surface area (Å²) in [5.41, 5.74) is 0.594. The number of carbonyl (C=O) groups is 1. The number of halogens is 1. The number of nitrogens with one attached hydrogen (secondary N) is 1. The summed E-state index contributed by atoms with van der Waals surface area (Å²) in [4.78, 5) is 15.8. The lowest BCUT2D eigenvalue weighted by Crippen LogP contribution is -2.24. The van der Waals surface area contributed by atoms with Gasteiger partial charge in [-0.05, 0) is 52.9 Å². The first-order valence-corrected chi connectivity index (χ1v) is 7.82. The van der Waals surface area contributed by atoms with E-state index >= 15 is 0 Å². The van der Waals surface area contributed by atoms with E-state index in [9.17, 15) is 4.79 Å². The van der Waals surface area contributed by atoms with E-state index in [0.717, 1.165) is 19.4 Å². The molecule has 1 rings (SSSR count). The molecule has 3 nitrogen and oxygen atoms in total. The zero-order valence-electron chi connectivity index (χ0n) is 9.91. The lowest BCUT2D eigenvalue weighted by molar-refractivity contribution is 0.0952. The van der Waals surface area contributed by atoms with Gasteiger partial charge in [0.15, 0.2) is 0 Å². The Labute approximate surface area is 115 Å². The summed E-state index contributed by atoms with van der Waals surface area (Å²) in [5, 5.41) is 2.90. The number of amides is 1. The first-order valence-electron chi connectivity index (χ1n) is 5.63. The van der Waals surface area contributed by atoms with E-state index in [0.29, 0.717) is 10.2 Å². The highest BCUT2D eigenvalue weighted by Gasteiger charge is 2.08. The Morgan fingerprint density at radius 1 is 1.47 bits per heavy atom. The molecule has 0 aliphatic heterocycles. The second-order valence-electron chi connectivity index (χ2n) is 3.65. The molecule has 0 saturated carbocycles. The van der Waals surface area contributed by atoms with Crippen molar-refractivity contribution in [1.82, 2.24) is 10.3 Å². The summed E-state index contributed by atoms with van der Waals surface area (Å²) in [6.07, 6.45) is 7.18. The minimum atomic E-state index is -0.0603. The minimum Gasteiger partial charge on any atom is -0.352 e. The Bertz CT molecular complexity index is 360. The van der Waals surface area contributed by atoms with Gasteiger partial charge >= 0.3 is 0 Å². The van der Waals surface area contributed by atoms with Crippen LogP contribution in [0.25, 0.3) is 0 Å². The fraction of sp³-hybridized carbons (Fsp3) is 0.500. The molecule has 0 bridgehead atoms. The number of rotatable bonds is 7. The van der Waals surface area contributed by atoms with Crippen LogP contribution in [-0.2, 0) is 0 Å². The number of carbonyl (C=O) groups excluding carboxylic acids is 1. The Morgan fingerprint density at radius 2 is 2.29 bits per heavy atom. The van der Waals surface area contributed by atoms with E-state index in [4.69, 9.17) is 0 Å². The molecule has 0 radical (unpaired) electrons. The largest absolute Gasteiger partial charge is 0.352 e. The van der Waals surface area contributed by atoms with Crippen LogP contribution in [0.1, 0.15) is 29.6 Å². The molecule has 94 valence electrons. The normalized spacial score (nSPS) is 10.2. The molecule has 1 aromatic heterocycles. The Hall–Kier alpha value is -0.550. The van der Waals surface area contributed by atoms with Gasteiger partial charge in [0.25, 0.3) is 5.91 Å². The van der Waals surface area contributed by atoms with Gasteiger partial charge in [-0.15, -0.1) is 0 Å². The molecule has 17 heavy (non-hydrogen) atoms. The van der Waals surface area contributed by atoms with E-state index in [1.807, 2.05) is 11.8 Å². The lowest BCUT2D eigenvalue weighted by atomic mass is 10.2. The molecule has 1 heterocycles. The molecule has 5 heteroatoms. The van der Waals surface area contributed by atoms with Crippen molar-refractivity contribution in [1.29, 1.82) is 0 Å². The molecule has 0 fully saturated rings. The standard InChI is InChI=1S/C12H17BrN2OS/c1-17-9-4-2-3-7-15-12(16)10-6-5-8-14-11(10)13/h5-6,8H,2-4,7,9H2,1H3,(H,15,16). The Kier molecular flexibility index (Phi) is 7.28. The van der Waals surface area contributed by atoms with Crippen molar-refractivity contribution in [3.8, 4) is 0 Å². The fourth-order valence-electron chi connectivity index (χ4n) is 1.40. The summed E-state index contributed by atoms with van der Waals surface area (Å²) in [6.45, 7) is 0.731. The van der Waals surface area contributed by atoms with Crippen molar-refractivity contribution in [2.24, 2.45) is 0 Å². The van der Waals surface area contributed by atoms with E-state index in [1.165, 1.54) is 12.2 Å². The van der Waals surface area contributed by atoms with E-state index in [-0.39, 0.29) is 5.91 Å². The zero-order valence-corrected chi connectivity index (χ0v) is 12.3. The van der Waals surface area contributed by atoms with Gasteiger partial charge in [0.2, 0.25) is 0 Å². The Balaban J connectivity index is 2.24. The number of hydrogen-bond donors (Lipinski definition) is 1. The third-order valence-corrected chi connectivity index (χ3v) is 3.64. The van der Waals surface area contributed by atoms with Gasteiger partial charge in [-0.1, -0.05) is 6.42 Å². The van der Waals surface area contributed by atoms with E-state index < -0.39 is 0 Å². The molecule has 0 aliphatic carbocycles. The molecule has 0 saturated heterocycles. The second-order valence-corrected chi connectivity index (χ2v) is 5.39. The number of pyridine rings is 1. The van der Waals surface area contributed by atoms with Crippen LogP contribution < -0.4 is 5.32 Å².